The smallest absolute Gasteiger partial charge is 0.254 e. The van der Waals surface area contributed by atoms with E-state index in [9.17, 15) is 9.59 Å². The molecule has 0 saturated carbocycles. The van der Waals surface area contributed by atoms with Crippen LogP contribution in [0.15, 0.2) is 47.8 Å². The first kappa shape index (κ1) is 24.9. The Labute approximate surface area is 224 Å². The Bertz CT molecular complexity index is 1310. The summed E-state index contributed by atoms with van der Waals surface area (Å²) in [6, 6.07) is 12.2. The third kappa shape index (κ3) is 4.92. The summed E-state index contributed by atoms with van der Waals surface area (Å²) in [5, 5.41) is 3.10. The number of hydrogen-bond acceptors (Lipinski definition) is 5. The molecule has 0 aliphatic carbocycles. The lowest BCUT2D eigenvalue weighted by atomic mass is 9.93. The summed E-state index contributed by atoms with van der Waals surface area (Å²) in [7, 11) is 0. The van der Waals surface area contributed by atoms with Crippen molar-refractivity contribution in [3.8, 4) is 11.5 Å². The highest BCUT2D eigenvalue weighted by atomic mass is 35.5. The molecule has 9 heteroatoms. The van der Waals surface area contributed by atoms with E-state index >= 15 is 0 Å². The van der Waals surface area contributed by atoms with Crippen LogP contribution in [0.2, 0.25) is 10.0 Å². The summed E-state index contributed by atoms with van der Waals surface area (Å²) in [5.41, 5.74) is 2.36. The fourth-order valence-electron chi connectivity index (χ4n) is 4.77. The molecule has 1 aromatic heterocycles. The van der Waals surface area contributed by atoms with Gasteiger partial charge in [0, 0.05) is 33.6 Å². The van der Waals surface area contributed by atoms with Crippen molar-refractivity contribution in [1.29, 1.82) is 0 Å². The zero-order valence-corrected chi connectivity index (χ0v) is 22.3. The fraction of sp³-hybridized carbons (Fsp3) is 0.333. The first-order chi connectivity index (χ1) is 17.3. The maximum Gasteiger partial charge on any atom is 0.254 e. The molecule has 3 aromatic rings. The molecule has 2 aromatic carbocycles. The molecule has 2 amide bonds. The Morgan fingerprint density at radius 1 is 1.08 bits per heavy atom. The van der Waals surface area contributed by atoms with Crippen LogP contribution in [0.3, 0.4) is 0 Å². The van der Waals surface area contributed by atoms with Crippen LogP contribution < -0.4 is 9.47 Å². The molecule has 1 atom stereocenters. The SMILES string of the molecule is CC(C)CN(CC(=O)N1CCc2sccc2C1c1ccc(Cl)cc1Cl)C(=O)c1ccc2c(c1)OCO2. The van der Waals surface area contributed by atoms with E-state index in [1.54, 1.807) is 46.6 Å². The molecule has 0 fully saturated rings. The van der Waals surface area contributed by atoms with E-state index in [0.717, 1.165) is 17.5 Å². The Balaban J connectivity index is 1.44. The van der Waals surface area contributed by atoms with Gasteiger partial charge in [0.2, 0.25) is 12.7 Å². The van der Waals surface area contributed by atoms with E-state index in [1.807, 2.05) is 30.2 Å². The predicted octanol–water partition coefficient (Wildman–Crippen LogP) is 6.06. The molecule has 0 bridgehead atoms. The largest absolute Gasteiger partial charge is 0.454 e. The zero-order chi connectivity index (χ0) is 25.4. The minimum absolute atomic E-state index is 0.0351. The maximum absolute atomic E-state index is 13.8. The molecule has 0 spiro atoms. The van der Waals surface area contributed by atoms with Gasteiger partial charge in [-0.1, -0.05) is 43.1 Å². The molecule has 0 radical (unpaired) electrons. The van der Waals surface area contributed by atoms with Crippen LogP contribution in [-0.4, -0.2) is 48.0 Å². The van der Waals surface area contributed by atoms with Crippen LogP contribution in [0.25, 0.3) is 0 Å². The predicted molar refractivity (Wildman–Crippen MR) is 141 cm³/mol. The van der Waals surface area contributed by atoms with Crippen LogP contribution in [0.4, 0.5) is 0 Å². The van der Waals surface area contributed by atoms with Crippen LogP contribution >= 0.6 is 34.5 Å². The summed E-state index contributed by atoms with van der Waals surface area (Å²) in [5.74, 6) is 0.986. The maximum atomic E-state index is 13.8. The molecule has 2 aliphatic heterocycles. The first-order valence-corrected chi connectivity index (χ1v) is 13.4. The average molecular weight is 545 g/mol. The van der Waals surface area contributed by atoms with E-state index in [0.29, 0.717) is 40.2 Å². The fourth-order valence-corrected chi connectivity index (χ4v) is 6.19. The first-order valence-electron chi connectivity index (χ1n) is 11.8. The average Bonchev–Trinajstić information content (AvgIpc) is 3.51. The van der Waals surface area contributed by atoms with E-state index in [1.165, 1.54) is 4.88 Å². The van der Waals surface area contributed by atoms with Gasteiger partial charge in [0.15, 0.2) is 11.5 Å². The summed E-state index contributed by atoms with van der Waals surface area (Å²) in [6.07, 6.45) is 0.765. The van der Waals surface area contributed by atoms with Crippen LogP contribution in [-0.2, 0) is 11.2 Å². The Morgan fingerprint density at radius 3 is 2.67 bits per heavy atom. The summed E-state index contributed by atoms with van der Waals surface area (Å²) >= 11 is 14.5. The lowest BCUT2D eigenvalue weighted by Gasteiger charge is -2.38. The minimum atomic E-state index is -0.334. The molecule has 188 valence electrons. The van der Waals surface area contributed by atoms with Crippen molar-refractivity contribution in [1.82, 2.24) is 9.80 Å². The number of amides is 2. The van der Waals surface area contributed by atoms with Crippen LogP contribution in [0, 0.1) is 5.92 Å². The van der Waals surface area contributed by atoms with E-state index in [4.69, 9.17) is 32.7 Å². The van der Waals surface area contributed by atoms with Crippen molar-refractivity contribution in [3.63, 3.8) is 0 Å². The van der Waals surface area contributed by atoms with Crippen molar-refractivity contribution in [2.24, 2.45) is 5.92 Å². The molecular formula is C27H26Cl2N2O4S. The summed E-state index contributed by atoms with van der Waals surface area (Å²) in [6.45, 7) is 5.15. The number of benzene rings is 2. The number of halogens is 2. The van der Waals surface area contributed by atoms with Gasteiger partial charge in [-0.15, -0.1) is 11.3 Å². The third-order valence-corrected chi connectivity index (χ3v) is 7.92. The van der Waals surface area contributed by atoms with E-state index in [2.05, 4.69) is 6.07 Å². The second-order valence-corrected chi connectivity index (χ2v) is 11.2. The van der Waals surface area contributed by atoms with Gasteiger partial charge >= 0.3 is 0 Å². The Hall–Kier alpha value is -2.74. The minimum Gasteiger partial charge on any atom is -0.454 e. The highest BCUT2D eigenvalue weighted by Crippen LogP contribution is 2.41. The van der Waals surface area contributed by atoms with E-state index in [-0.39, 0.29) is 37.1 Å². The van der Waals surface area contributed by atoms with Crippen molar-refractivity contribution in [2.75, 3.05) is 26.4 Å². The summed E-state index contributed by atoms with van der Waals surface area (Å²) in [4.78, 5) is 32.0. The number of fused-ring (bicyclic) bond motifs is 2. The molecule has 5 rings (SSSR count). The number of nitrogens with zero attached hydrogens (tertiary/aromatic N) is 2. The number of thiophene rings is 1. The van der Waals surface area contributed by atoms with Gasteiger partial charge < -0.3 is 19.3 Å². The quantitative estimate of drug-likeness (QED) is 0.378. The second kappa shape index (κ2) is 10.3. The standard InChI is InChI=1S/C27H26Cl2N2O4S/c1-16(2)13-30(27(33)17-3-6-22-23(11-17)35-15-34-22)14-25(32)31-9-7-24-20(8-10-36-24)26(31)19-5-4-18(28)12-21(19)29/h3-6,8,10-12,16,26H,7,9,13-15H2,1-2H3. The van der Waals surface area contributed by atoms with Gasteiger partial charge in [0.05, 0.1) is 6.04 Å². The molecule has 0 saturated heterocycles. The Morgan fingerprint density at radius 2 is 1.89 bits per heavy atom. The lowest BCUT2D eigenvalue weighted by molar-refractivity contribution is -0.134. The van der Waals surface area contributed by atoms with Gasteiger partial charge in [-0.25, -0.2) is 0 Å². The van der Waals surface area contributed by atoms with Crippen molar-refractivity contribution in [2.45, 2.75) is 26.3 Å². The summed E-state index contributed by atoms with van der Waals surface area (Å²) < 4.78 is 10.8. The normalized spacial score (nSPS) is 16.2. The number of rotatable bonds is 6. The van der Waals surface area contributed by atoms with Crippen molar-refractivity contribution < 1.29 is 19.1 Å². The molecule has 3 heterocycles. The molecular weight excluding hydrogens is 519 g/mol. The van der Waals surface area contributed by atoms with Gasteiger partial charge in [0.1, 0.15) is 6.54 Å². The highest BCUT2D eigenvalue weighted by molar-refractivity contribution is 7.10. The Kier molecular flexibility index (Phi) is 7.15. The lowest BCUT2D eigenvalue weighted by Crippen LogP contribution is -2.47. The second-order valence-electron chi connectivity index (χ2n) is 9.35. The topological polar surface area (TPSA) is 59.1 Å². The molecule has 36 heavy (non-hydrogen) atoms. The molecule has 6 nitrogen and oxygen atoms in total. The van der Waals surface area contributed by atoms with Crippen molar-refractivity contribution in [3.05, 3.63) is 79.5 Å². The van der Waals surface area contributed by atoms with Gasteiger partial charge in [-0.05, 0) is 65.2 Å². The van der Waals surface area contributed by atoms with Crippen molar-refractivity contribution >= 4 is 46.4 Å². The van der Waals surface area contributed by atoms with E-state index < -0.39 is 0 Å². The molecule has 2 aliphatic rings. The number of hydrogen-bond donors (Lipinski definition) is 0. The monoisotopic (exact) mass is 544 g/mol. The van der Waals surface area contributed by atoms with Gasteiger partial charge in [0.25, 0.3) is 5.91 Å². The number of carbonyl (C=O) groups is 2. The van der Waals surface area contributed by atoms with Crippen LogP contribution in [0.5, 0.6) is 11.5 Å². The number of ether oxygens (including phenoxy) is 2. The zero-order valence-electron chi connectivity index (χ0n) is 20.0. The molecule has 0 N–H and O–H groups in total. The highest BCUT2D eigenvalue weighted by Gasteiger charge is 2.35. The molecule has 1 unspecified atom stereocenters. The third-order valence-electron chi connectivity index (χ3n) is 6.36. The van der Waals surface area contributed by atoms with Gasteiger partial charge in [-0.3, -0.25) is 9.59 Å². The van der Waals surface area contributed by atoms with Crippen LogP contribution in [0.1, 0.15) is 46.3 Å². The van der Waals surface area contributed by atoms with Gasteiger partial charge in [-0.2, -0.15) is 0 Å². The number of carbonyl (C=O) groups excluding carboxylic acids is 2.